The van der Waals surface area contributed by atoms with Crippen LogP contribution >= 0.6 is 0 Å². The number of benzene rings is 1. The predicted octanol–water partition coefficient (Wildman–Crippen LogP) is 3.71. The molecule has 2 N–H and O–H groups in total. The predicted molar refractivity (Wildman–Crippen MR) is 117 cm³/mol. The molecule has 1 unspecified atom stereocenters. The molecule has 7 heteroatoms. The van der Waals surface area contributed by atoms with Crippen LogP contribution in [0.4, 0.5) is 5.69 Å². The summed E-state index contributed by atoms with van der Waals surface area (Å²) in [7, 11) is 3.16. The molecular weight excluding hydrogens is 394 g/mol. The number of methoxy groups -OCH3 is 2. The number of anilines is 1. The largest absolute Gasteiger partial charge is 0.497 e. The molecule has 1 atom stereocenters. The highest BCUT2D eigenvalue weighted by molar-refractivity contribution is 6.09. The lowest BCUT2D eigenvalue weighted by Gasteiger charge is -2.35. The highest BCUT2D eigenvalue weighted by Gasteiger charge is 2.39. The van der Waals surface area contributed by atoms with Gasteiger partial charge in [-0.05, 0) is 38.0 Å². The van der Waals surface area contributed by atoms with Crippen LogP contribution in [0.25, 0.3) is 0 Å². The number of nitrogens with zero attached hydrogens (tertiary/aromatic N) is 1. The van der Waals surface area contributed by atoms with Crippen LogP contribution in [0.5, 0.6) is 11.5 Å². The Labute approximate surface area is 181 Å². The smallest absolute Gasteiger partial charge is 0.254 e. The number of ketones is 1. The van der Waals surface area contributed by atoms with E-state index >= 15 is 0 Å². The van der Waals surface area contributed by atoms with Crippen LogP contribution in [-0.2, 0) is 9.59 Å². The van der Waals surface area contributed by atoms with Crippen molar-refractivity contribution in [2.45, 2.75) is 32.1 Å². The van der Waals surface area contributed by atoms with Crippen molar-refractivity contribution in [1.29, 1.82) is 0 Å². The van der Waals surface area contributed by atoms with Gasteiger partial charge in [0.2, 0.25) is 0 Å². The summed E-state index contributed by atoms with van der Waals surface area (Å²) in [6.45, 7) is 1.87. The lowest BCUT2D eigenvalue weighted by Crippen LogP contribution is -2.35. The van der Waals surface area contributed by atoms with Crippen LogP contribution in [0.3, 0.4) is 0 Å². The summed E-state index contributed by atoms with van der Waals surface area (Å²) in [5, 5.41) is 6.24. The first-order valence-corrected chi connectivity index (χ1v) is 10.2. The van der Waals surface area contributed by atoms with Gasteiger partial charge >= 0.3 is 0 Å². The maximum Gasteiger partial charge on any atom is 0.254 e. The second kappa shape index (κ2) is 8.63. The average Bonchev–Trinajstić information content (AvgIpc) is 2.78. The van der Waals surface area contributed by atoms with E-state index in [0.29, 0.717) is 34.8 Å². The van der Waals surface area contributed by atoms with Gasteiger partial charge < -0.3 is 20.1 Å². The first kappa shape index (κ1) is 20.7. The van der Waals surface area contributed by atoms with Crippen LogP contribution in [-0.4, -0.2) is 30.9 Å². The molecule has 2 heterocycles. The first-order chi connectivity index (χ1) is 15.0. The second-order valence-electron chi connectivity index (χ2n) is 7.57. The molecule has 1 aromatic carbocycles. The van der Waals surface area contributed by atoms with Crippen molar-refractivity contribution in [2.24, 2.45) is 0 Å². The quantitative estimate of drug-likeness (QED) is 0.768. The minimum atomic E-state index is -0.540. The van der Waals surface area contributed by atoms with Gasteiger partial charge in [0.15, 0.2) is 5.78 Å². The summed E-state index contributed by atoms with van der Waals surface area (Å²) in [5.41, 5.74) is 4.07. The molecule has 0 saturated heterocycles. The van der Waals surface area contributed by atoms with Crippen LogP contribution in [0.1, 0.15) is 37.7 Å². The molecule has 0 radical (unpaired) electrons. The second-order valence-corrected chi connectivity index (χ2v) is 7.57. The highest BCUT2D eigenvalue weighted by Crippen LogP contribution is 2.45. The maximum absolute atomic E-state index is 13.4. The third kappa shape index (κ3) is 3.91. The van der Waals surface area contributed by atoms with Crippen molar-refractivity contribution in [3.63, 3.8) is 0 Å². The number of Topliss-reactive ketones (excluding diaryl/α,β-unsaturated/α-hetero) is 1. The third-order valence-corrected chi connectivity index (χ3v) is 5.69. The molecule has 2 aliphatic rings. The fourth-order valence-electron chi connectivity index (χ4n) is 4.29. The van der Waals surface area contributed by atoms with Crippen molar-refractivity contribution in [3.05, 3.63) is 70.8 Å². The molecule has 0 spiro atoms. The first-order valence-electron chi connectivity index (χ1n) is 10.2. The van der Waals surface area contributed by atoms with Crippen LogP contribution < -0.4 is 20.1 Å². The molecule has 0 bridgehead atoms. The number of rotatable bonds is 5. The average molecular weight is 419 g/mol. The molecule has 160 valence electrons. The van der Waals surface area contributed by atoms with Gasteiger partial charge in [0.1, 0.15) is 11.5 Å². The van der Waals surface area contributed by atoms with Gasteiger partial charge in [-0.25, -0.2) is 0 Å². The number of hydrogen-bond donors (Lipinski definition) is 2. The van der Waals surface area contributed by atoms with Gasteiger partial charge in [0, 0.05) is 46.8 Å². The van der Waals surface area contributed by atoms with E-state index in [1.54, 1.807) is 44.8 Å². The normalized spacial score (nSPS) is 18.3. The number of amides is 1. The Morgan fingerprint density at radius 3 is 2.74 bits per heavy atom. The third-order valence-electron chi connectivity index (χ3n) is 5.69. The fraction of sp³-hybridized carbons (Fsp3) is 0.292. The number of carbonyl (C=O) groups is 2. The van der Waals surface area contributed by atoms with E-state index in [4.69, 9.17) is 9.47 Å². The Kier molecular flexibility index (Phi) is 5.75. The zero-order valence-corrected chi connectivity index (χ0v) is 17.8. The van der Waals surface area contributed by atoms with Crippen LogP contribution in [0, 0.1) is 0 Å². The molecule has 0 saturated carbocycles. The lowest BCUT2D eigenvalue weighted by atomic mass is 9.74. The van der Waals surface area contributed by atoms with Crippen molar-refractivity contribution in [1.82, 2.24) is 10.3 Å². The Morgan fingerprint density at radius 2 is 2.03 bits per heavy atom. The standard InChI is InChI=1S/C24H25N3O4/c1-14-21(24(29)27-15-6-5-11-25-13-15)22(23-18(26-14)7-4-8-19(23)28)17-10-9-16(30-2)12-20(17)31-3/h5-6,9-13,22,26H,4,7-8H2,1-3H3,(H,27,29). The summed E-state index contributed by atoms with van der Waals surface area (Å²) < 4.78 is 11.0. The number of allylic oxidation sites excluding steroid dienone is 3. The number of ether oxygens (including phenoxy) is 2. The van der Waals surface area contributed by atoms with E-state index in [0.717, 1.165) is 29.8 Å². The van der Waals surface area contributed by atoms with Crippen LogP contribution in [0.15, 0.2) is 65.3 Å². The Bertz CT molecular complexity index is 1090. The number of pyridine rings is 1. The minimum absolute atomic E-state index is 0.0517. The van der Waals surface area contributed by atoms with E-state index in [1.165, 1.54) is 0 Å². The summed E-state index contributed by atoms with van der Waals surface area (Å²) in [5.74, 6) is 0.430. The lowest BCUT2D eigenvalue weighted by molar-refractivity contribution is -0.116. The molecule has 4 rings (SSSR count). The van der Waals surface area contributed by atoms with Crippen molar-refractivity contribution >= 4 is 17.4 Å². The van der Waals surface area contributed by atoms with E-state index in [-0.39, 0.29) is 11.7 Å². The summed E-state index contributed by atoms with van der Waals surface area (Å²) in [4.78, 5) is 30.5. The monoisotopic (exact) mass is 419 g/mol. The molecule has 1 aliphatic heterocycles. The van der Waals surface area contributed by atoms with E-state index in [2.05, 4.69) is 15.6 Å². The SMILES string of the molecule is COc1ccc(C2C(C(=O)Nc3cccnc3)=C(C)NC3=C2C(=O)CCC3)c(OC)c1. The van der Waals surface area contributed by atoms with Crippen molar-refractivity contribution in [2.75, 3.05) is 19.5 Å². The Balaban J connectivity index is 1.85. The molecular formula is C24H25N3O4. The summed E-state index contributed by atoms with van der Waals surface area (Å²) in [6, 6.07) is 8.99. The minimum Gasteiger partial charge on any atom is -0.497 e. The van der Waals surface area contributed by atoms with Gasteiger partial charge in [0.25, 0.3) is 5.91 Å². The van der Waals surface area contributed by atoms with E-state index < -0.39 is 5.92 Å². The van der Waals surface area contributed by atoms with Gasteiger partial charge in [-0.2, -0.15) is 0 Å². The summed E-state index contributed by atoms with van der Waals surface area (Å²) in [6.07, 6.45) is 5.26. The molecule has 31 heavy (non-hydrogen) atoms. The number of aromatic nitrogens is 1. The van der Waals surface area contributed by atoms with Gasteiger partial charge in [-0.15, -0.1) is 0 Å². The van der Waals surface area contributed by atoms with E-state index in [9.17, 15) is 9.59 Å². The molecule has 1 aromatic heterocycles. The van der Waals surface area contributed by atoms with Crippen molar-refractivity contribution in [3.8, 4) is 11.5 Å². The van der Waals surface area contributed by atoms with Gasteiger partial charge in [0.05, 0.1) is 32.0 Å². The van der Waals surface area contributed by atoms with Crippen molar-refractivity contribution < 1.29 is 19.1 Å². The maximum atomic E-state index is 13.4. The number of hydrogen-bond acceptors (Lipinski definition) is 6. The van der Waals surface area contributed by atoms with Gasteiger partial charge in [-0.3, -0.25) is 14.6 Å². The molecule has 0 fully saturated rings. The topological polar surface area (TPSA) is 89.5 Å². The summed E-state index contributed by atoms with van der Waals surface area (Å²) >= 11 is 0. The Morgan fingerprint density at radius 1 is 1.19 bits per heavy atom. The number of dihydropyridines is 1. The highest BCUT2D eigenvalue weighted by atomic mass is 16.5. The molecule has 2 aromatic rings. The van der Waals surface area contributed by atoms with Gasteiger partial charge in [-0.1, -0.05) is 6.07 Å². The molecule has 7 nitrogen and oxygen atoms in total. The zero-order chi connectivity index (χ0) is 22.0. The van der Waals surface area contributed by atoms with Crippen LogP contribution in [0.2, 0.25) is 0 Å². The zero-order valence-electron chi connectivity index (χ0n) is 17.8. The van der Waals surface area contributed by atoms with E-state index in [1.807, 2.05) is 19.1 Å². The number of nitrogens with one attached hydrogen (secondary N) is 2. The molecule has 1 amide bonds. The fourth-order valence-corrected chi connectivity index (χ4v) is 4.29. The number of carbonyl (C=O) groups excluding carboxylic acids is 2. The molecule has 1 aliphatic carbocycles. The Hall–Kier alpha value is -3.61.